The smallest absolute Gasteiger partial charge is 0.195 e. The average Bonchev–Trinajstić information content (AvgIpc) is 2.95. The number of thioether (sulfide) groups is 1. The van der Waals surface area contributed by atoms with Crippen molar-refractivity contribution in [3.05, 3.63) is 16.0 Å². The first-order chi connectivity index (χ1) is 8.67. The summed E-state index contributed by atoms with van der Waals surface area (Å²) in [5.41, 5.74) is 0. The third-order valence-corrected chi connectivity index (χ3v) is 4.80. The second-order valence-electron chi connectivity index (χ2n) is 4.03. The first kappa shape index (κ1) is 13.8. The van der Waals surface area contributed by atoms with Crippen LogP contribution in [0.15, 0.2) is 6.20 Å². The molecule has 7 heteroatoms. The standard InChI is InChI=1S/C11H16N4S3/c1-4-7(2)15-10(13-14-11(15)16)8-5-12-9(18-8)6-17-3/h5,7H,4,6H2,1-3H3,(H,14,16). The van der Waals surface area contributed by atoms with E-state index in [0.29, 0.717) is 10.8 Å². The van der Waals surface area contributed by atoms with Crippen molar-refractivity contribution < 1.29 is 0 Å². The summed E-state index contributed by atoms with van der Waals surface area (Å²) in [4.78, 5) is 5.49. The first-order valence-electron chi connectivity index (χ1n) is 5.78. The highest BCUT2D eigenvalue weighted by molar-refractivity contribution is 7.97. The lowest BCUT2D eigenvalue weighted by molar-refractivity contribution is 0.529. The molecule has 2 aromatic rings. The molecule has 1 unspecified atom stereocenters. The van der Waals surface area contributed by atoms with Gasteiger partial charge in [0.25, 0.3) is 0 Å². The van der Waals surface area contributed by atoms with Crippen LogP contribution in [0.1, 0.15) is 31.3 Å². The molecule has 2 rings (SSSR count). The van der Waals surface area contributed by atoms with Crippen molar-refractivity contribution in [2.75, 3.05) is 6.26 Å². The Kier molecular flexibility index (Phi) is 4.58. The molecular weight excluding hydrogens is 284 g/mol. The van der Waals surface area contributed by atoms with Gasteiger partial charge in [-0.15, -0.1) is 11.3 Å². The lowest BCUT2D eigenvalue weighted by Crippen LogP contribution is -2.05. The fourth-order valence-electron chi connectivity index (χ4n) is 1.67. The molecule has 0 radical (unpaired) electrons. The van der Waals surface area contributed by atoms with Crippen LogP contribution < -0.4 is 0 Å². The number of hydrogen-bond acceptors (Lipinski definition) is 5. The lowest BCUT2D eigenvalue weighted by Gasteiger charge is -2.11. The molecule has 0 aliphatic rings. The van der Waals surface area contributed by atoms with Crippen molar-refractivity contribution in [2.45, 2.75) is 32.1 Å². The molecule has 4 nitrogen and oxygen atoms in total. The van der Waals surface area contributed by atoms with Gasteiger partial charge in [-0.3, -0.25) is 9.67 Å². The molecule has 0 aromatic carbocycles. The van der Waals surface area contributed by atoms with E-state index in [1.165, 1.54) is 0 Å². The number of aromatic amines is 1. The van der Waals surface area contributed by atoms with Crippen LogP contribution in [0.2, 0.25) is 0 Å². The molecule has 0 saturated carbocycles. The molecule has 0 amide bonds. The molecule has 0 bridgehead atoms. The van der Waals surface area contributed by atoms with Gasteiger partial charge >= 0.3 is 0 Å². The summed E-state index contributed by atoms with van der Waals surface area (Å²) in [5.74, 6) is 1.85. The molecule has 2 aromatic heterocycles. The van der Waals surface area contributed by atoms with Gasteiger partial charge in [0.1, 0.15) is 5.01 Å². The second-order valence-corrected chi connectivity index (χ2v) is 6.40. The van der Waals surface area contributed by atoms with Gasteiger partial charge in [0.05, 0.1) is 4.88 Å². The summed E-state index contributed by atoms with van der Waals surface area (Å²) < 4.78 is 2.75. The van der Waals surface area contributed by atoms with Crippen LogP contribution in [0.25, 0.3) is 10.7 Å². The van der Waals surface area contributed by atoms with Crippen LogP contribution in [0.5, 0.6) is 0 Å². The fourth-order valence-corrected chi connectivity index (χ4v) is 3.60. The first-order valence-corrected chi connectivity index (χ1v) is 8.40. The van der Waals surface area contributed by atoms with Crippen LogP contribution in [0.4, 0.5) is 0 Å². The predicted octanol–water partition coefficient (Wildman–Crippen LogP) is 3.90. The van der Waals surface area contributed by atoms with Crippen LogP contribution in [0, 0.1) is 4.77 Å². The second kappa shape index (κ2) is 5.99. The van der Waals surface area contributed by atoms with Crippen molar-refractivity contribution in [3.8, 4) is 10.7 Å². The zero-order chi connectivity index (χ0) is 13.1. The molecular formula is C11H16N4S3. The largest absolute Gasteiger partial charge is 0.297 e. The average molecular weight is 300 g/mol. The van der Waals surface area contributed by atoms with Gasteiger partial charge in [0.2, 0.25) is 0 Å². The Morgan fingerprint density at radius 2 is 2.39 bits per heavy atom. The van der Waals surface area contributed by atoms with Gasteiger partial charge in [-0.1, -0.05) is 6.92 Å². The van der Waals surface area contributed by atoms with E-state index in [2.05, 4.69) is 39.9 Å². The van der Waals surface area contributed by atoms with E-state index in [0.717, 1.165) is 27.9 Å². The number of thiazole rings is 1. The molecule has 1 atom stereocenters. The highest BCUT2D eigenvalue weighted by Crippen LogP contribution is 2.28. The maximum absolute atomic E-state index is 5.30. The van der Waals surface area contributed by atoms with Crippen molar-refractivity contribution in [1.29, 1.82) is 0 Å². The molecule has 98 valence electrons. The minimum absolute atomic E-state index is 0.345. The van der Waals surface area contributed by atoms with Crippen LogP contribution in [0.3, 0.4) is 0 Å². The minimum atomic E-state index is 0.345. The van der Waals surface area contributed by atoms with Crippen molar-refractivity contribution in [1.82, 2.24) is 19.7 Å². The third-order valence-electron chi connectivity index (χ3n) is 2.78. The van der Waals surface area contributed by atoms with Crippen LogP contribution in [-0.4, -0.2) is 26.0 Å². The highest BCUT2D eigenvalue weighted by atomic mass is 32.2. The molecule has 0 saturated heterocycles. The van der Waals surface area contributed by atoms with E-state index in [1.807, 2.05) is 6.20 Å². The van der Waals surface area contributed by atoms with Gasteiger partial charge in [0, 0.05) is 18.0 Å². The summed E-state index contributed by atoms with van der Waals surface area (Å²) in [6.45, 7) is 4.30. The Bertz CT molecular complexity index is 569. The van der Waals surface area contributed by atoms with E-state index < -0.39 is 0 Å². The highest BCUT2D eigenvalue weighted by Gasteiger charge is 2.15. The van der Waals surface area contributed by atoms with Crippen LogP contribution in [-0.2, 0) is 5.75 Å². The van der Waals surface area contributed by atoms with E-state index in [1.54, 1.807) is 23.1 Å². The molecule has 1 N–H and O–H groups in total. The van der Waals surface area contributed by atoms with E-state index >= 15 is 0 Å². The normalized spacial score (nSPS) is 12.8. The summed E-state index contributed by atoms with van der Waals surface area (Å²) in [6.07, 6.45) is 4.99. The van der Waals surface area contributed by atoms with E-state index in [4.69, 9.17) is 12.2 Å². The molecule has 2 heterocycles. The number of hydrogen-bond donors (Lipinski definition) is 1. The number of nitrogens with one attached hydrogen (secondary N) is 1. The van der Waals surface area contributed by atoms with Crippen molar-refractivity contribution >= 4 is 35.3 Å². The van der Waals surface area contributed by atoms with Crippen LogP contribution >= 0.6 is 35.3 Å². The summed E-state index contributed by atoms with van der Waals surface area (Å²) in [5, 5.41) is 8.35. The summed E-state index contributed by atoms with van der Waals surface area (Å²) in [7, 11) is 0. The van der Waals surface area contributed by atoms with Gasteiger partial charge in [-0.05, 0) is 31.8 Å². The Labute approximate surface area is 120 Å². The Balaban J connectivity index is 2.40. The third kappa shape index (κ3) is 2.67. The quantitative estimate of drug-likeness (QED) is 0.851. The van der Waals surface area contributed by atoms with E-state index in [-0.39, 0.29) is 0 Å². The Morgan fingerprint density at radius 3 is 3.06 bits per heavy atom. The monoisotopic (exact) mass is 300 g/mol. The van der Waals surface area contributed by atoms with Crippen molar-refractivity contribution in [2.24, 2.45) is 0 Å². The zero-order valence-electron chi connectivity index (χ0n) is 10.6. The van der Waals surface area contributed by atoms with Crippen molar-refractivity contribution in [3.63, 3.8) is 0 Å². The van der Waals surface area contributed by atoms with E-state index in [9.17, 15) is 0 Å². The number of aromatic nitrogens is 4. The number of nitrogens with zero attached hydrogens (tertiary/aromatic N) is 3. The SMILES string of the molecule is CCC(C)n1c(-c2cnc(CSC)s2)n[nH]c1=S. The van der Waals surface area contributed by atoms with Gasteiger partial charge in [-0.2, -0.15) is 16.9 Å². The topological polar surface area (TPSA) is 46.5 Å². The molecule has 0 aliphatic carbocycles. The predicted molar refractivity (Wildman–Crippen MR) is 80.7 cm³/mol. The van der Waals surface area contributed by atoms with Gasteiger partial charge < -0.3 is 0 Å². The number of H-pyrrole nitrogens is 1. The van der Waals surface area contributed by atoms with Gasteiger partial charge in [-0.25, -0.2) is 4.98 Å². The maximum atomic E-state index is 5.30. The molecule has 18 heavy (non-hydrogen) atoms. The molecule has 0 aliphatic heterocycles. The molecule has 0 fully saturated rings. The number of rotatable bonds is 5. The lowest BCUT2D eigenvalue weighted by atomic mass is 10.2. The minimum Gasteiger partial charge on any atom is -0.297 e. The summed E-state index contributed by atoms with van der Waals surface area (Å²) in [6, 6.07) is 0.345. The van der Waals surface area contributed by atoms with Gasteiger partial charge in [0.15, 0.2) is 10.6 Å². The maximum Gasteiger partial charge on any atom is 0.195 e. The Morgan fingerprint density at radius 1 is 1.61 bits per heavy atom. The fraction of sp³-hybridized carbons (Fsp3) is 0.545. The zero-order valence-corrected chi connectivity index (χ0v) is 13.1. The Hall–Kier alpha value is -0.660. The summed E-state index contributed by atoms with van der Waals surface area (Å²) >= 11 is 8.76. The molecule has 0 spiro atoms.